The molecule has 9 heteroatoms. The number of anilines is 1. The number of hydrogen-bond acceptors (Lipinski definition) is 5. The van der Waals surface area contributed by atoms with Crippen molar-refractivity contribution in [3.8, 4) is 0 Å². The van der Waals surface area contributed by atoms with Crippen molar-refractivity contribution in [1.29, 1.82) is 0 Å². The second kappa shape index (κ2) is 9.26. The average molecular weight is 446 g/mol. The van der Waals surface area contributed by atoms with E-state index in [1.54, 1.807) is 6.07 Å². The molecule has 0 spiro atoms. The van der Waals surface area contributed by atoms with Gasteiger partial charge in [-0.15, -0.1) is 0 Å². The summed E-state index contributed by atoms with van der Waals surface area (Å²) in [7, 11) is 0. The van der Waals surface area contributed by atoms with E-state index < -0.39 is 6.09 Å². The van der Waals surface area contributed by atoms with Crippen molar-refractivity contribution >= 4 is 40.3 Å². The van der Waals surface area contributed by atoms with Gasteiger partial charge in [-0.1, -0.05) is 24.9 Å². The molecule has 2 amide bonds. The van der Waals surface area contributed by atoms with Crippen molar-refractivity contribution in [3.05, 3.63) is 29.5 Å². The molecule has 0 radical (unpaired) electrons. The Morgan fingerprint density at radius 3 is 2.90 bits per heavy atom. The molecule has 1 aliphatic carbocycles. The Morgan fingerprint density at radius 2 is 2.13 bits per heavy atom. The fourth-order valence-corrected chi connectivity index (χ4v) is 5.29. The third kappa shape index (κ3) is 4.69. The molecule has 166 valence electrons. The van der Waals surface area contributed by atoms with Gasteiger partial charge in [-0.3, -0.25) is 4.79 Å². The van der Waals surface area contributed by atoms with Crippen LogP contribution in [0.25, 0.3) is 10.9 Å². The van der Waals surface area contributed by atoms with Crippen LogP contribution in [0.3, 0.4) is 0 Å². The summed E-state index contributed by atoms with van der Waals surface area (Å²) in [5.41, 5.74) is 0.775. The van der Waals surface area contributed by atoms with E-state index in [1.807, 2.05) is 17.0 Å². The van der Waals surface area contributed by atoms with E-state index in [2.05, 4.69) is 27.5 Å². The number of aromatic nitrogens is 2. The number of rotatable bonds is 6. The largest absolute Gasteiger partial charge is 0.465 e. The lowest BCUT2D eigenvalue weighted by atomic mass is 9.78. The second-order valence-electron chi connectivity index (χ2n) is 8.48. The van der Waals surface area contributed by atoms with Gasteiger partial charge in [0.1, 0.15) is 18.2 Å². The summed E-state index contributed by atoms with van der Waals surface area (Å²) in [6, 6.07) is 5.22. The number of benzene rings is 1. The second-order valence-corrected chi connectivity index (χ2v) is 8.91. The first kappa shape index (κ1) is 21.6. The third-order valence-electron chi connectivity index (χ3n) is 6.48. The van der Waals surface area contributed by atoms with Crippen LogP contribution < -0.4 is 10.6 Å². The van der Waals surface area contributed by atoms with E-state index in [1.165, 1.54) is 6.33 Å². The van der Waals surface area contributed by atoms with E-state index >= 15 is 0 Å². The Balaban J connectivity index is 1.47. The van der Waals surface area contributed by atoms with Crippen LogP contribution in [0.1, 0.15) is 45.4 Å². The summed E-state index contributed by atoms with van der Waals surface area (Å²) in [4.78, 5) is 35.0. The lowest BCUT2D eigenvalue weighted by molar-refractivity contribution is -0.132. The molecule has 1 aromatic heterocycles. The zero-order chi connectivity index (χ0) is 22.0. The minimum absolute atomic E-state index is 0.0333. The zero-order valence-corrected chi connectivity index (χ0v) is 18.3. The number of hydrogen-bond donors (Lipinski definition) is 3. The summed E-state index contributed by atoms with van der Waals surface area (Å²) >= 11 is 6.15. The maximum atomic E-state index is 13.3. The lowest BCUT2D eigenvalue weighted by Gasteiger charge is -2.41. The number of carboxylic acid groups (broad SMARTS) is 1. The average Bonchev–Trinajstić information content (AvgIpc) is 3.09. The minimum atomic E-state index is -0.975. The first-order chi connectivity index (χ1) is 15.0. The van der Waals surface area contributed by atoms with Crippen LogP contribution in [0.2, 0.25) is 5.02 Å². The molecule has 4 atom stereocenters. The van der Waals surface area contributed by atoms with E-state index in [9.17, 15) is 9.59 Å². The minimum Gasteiger partial charge on any atom is -0.465 e. The van der Waals surface area contributed by atoms with Gasteiger partial charge in [0.05, 0.1) is 5.52 Å². The Labute approximate surface area is 186 Å². The topological polar surface area (TPSA) is 107 Å². The van der Waals surface area contributed by atoms with Crippen LogP contribution in [-0.2, 0) is 4.79 Å². The molecule has 4 rings (SSSR count). The molecule has 0 bridgehead atoms. The monoisotopic (exact) mass is 445 g/mol. The normalized spacial score (nSPS) is 26.3. The molecule has 8 nitrogen and oxygen atoms in total. The molecular formula is C22H28ClN5O3. The summed E-state index contributed by atoms with van der Waals surface area (Å²) in [6.07, 6.45) is 5.58. The molecule has 2 aromatic rings. The Kier molecular flexibility index (Phi) is 6.46. The van der Waals surface area contributed by atoms with Gasteiger partial charge < -0.3 is 20.6 Å². The van der Waals surface area contributed by atoms with E-state index in [4.69, 9.17) is 16.7 Å². The fourth-order valence-electron chi connectivity index (χ4n) is 5.12. The summed E-state index contributed by atoms with van der Waals surface area (Å²) in [5, 5.41) is 16.4. The predicted molar refractivity (Wildman–Crippen MR) is 119 cm³/mol. The zero-order valence-electron chi connectivity index (χ0n) is 17.6. The van der Waals surface area contributed by atoms with Crippen LogP contribution in [0, 0.1) is 5.92 Å². The van der Waals surface area contributed by atoms with Gasteiger partial charge in [-0.2, -0.15) is 0 Å². The van der Waals surface area contributed by atoms with Crippen molar-refractivity contribution in [1.82, 2.24) is 20.2 Å². The molecule has 1 saturated heterocycles. The van der Waals surface area contributed by atoms with Crippen LogP contribution in [0.4, 0.5) is 10.6 Å². The predicted octanol–water partition coefficient (Wildman–Crippen LogP) is 3.90. The number of nitrogens with zero attached hydrogens (tertiary/aromatic N) is 3. The van der Waals surface area contributed by atoms with Crippen LogP contribution in [0.5, 0.6) is 0 Å². The van der Waals surface area contributed by atoms with Crippen molar-refractivity contribution in [2.75, 3.05) is 11.9 Å². The van der Waals surface area contributed by atoms with Gasteiger partial charge in [-0.25, -0.2) is 14.8 Å². The molecular weight excluding hydrogens is 418 g/mol. The quantitative estimate of drug-likeness (QED) is 0.622. The van der Waals surface area contributed by atoms with Crippen molar-refractivity contribution < 1.29 is 14.7 Å². The molecule has 3 N–H and O–H groups in total. The third-order valence-corrected chi connectivity index (χ3v) is 6.71. The fraction of sp³-hybridized carbons (Fsp3) is 0.545. The molecule has 2 heterocycles. The number of halogens is 1. The number of carbonyl (C=O) groups excluding carboxylic acids is 1. The maximum Gasteiger partial charge on any atom is 0.404 e. The molecule has 2 aliphatic rings. The number of carbonyl (C=O) groups is 2. The van der Waals surface area contributed by atoms with E-state index in [0.29, 0.717) is 29.7 Å². The lowest BCUT2D eigenvalue weighted by Crippen LogP contribution is -2.50. The van der Waals surface area contributed by atoms with Crippen LogP contribution in [-0.4, -0.2) is 56.6 Å². The highest BCUT2D eigenvalue weighted by Crippen LogP contribution is 2.35. The van der Waals surface area contributed by atoms with Crippen molar-refractivity contribution in [3.63, 3.8) is 0 Å². The smallest absolute Gasteiger partial charge is 0.404 e. The van der Waals surface area contributed by atoms with Gasteiger partial charge in [0, 0.05) is 29.0 Å². The Hall–Kier alpha value is -2.61. The number of likely N-dealkylation sites (tertiary alicyclic amines) is 1. The molecule has 1 aromatic carbocycles. The van der Waals surface area contributed by atoms with Crippen molar-refractivity contribution in [2.45, 2.75) is 63.6 Å². The number of fused-ring (bicyclic) bond motifs is 1. The highest BCUT2D eigenvalue weighted by molar-refractivity contribution is 6.31. The SMILES string of the molecule is CCC[C@@H]1C[C@H](NC(=O)O)CC[C@@H]1N1CC[C@H](Nc2ncnc3ccc(Cl)cc23)C1=O. The van der Waals surface area contributed by atoms with Crippen LogP contribution in [0.15, 0.2) is 24.5 Å². The van der Waals surface area contributed by atoms with Gasteiger partial charge in [0.15, 0.2) is 0 Å². The number of amides is 2. The van der Waals surface area contributed by atoms with Crippen LogP contribution >= 0.6 is 11.6 Å². The molecule has 1 aliphatic heterocycles. The molecule has 2 fully saturated rings. The van der Waals surface area contributed by atoms with E-state index in [0.717, 1.165) is 43.0 Å². The van der Waals surface area contributed by atoms with E-state index in [-0.39, 0.29) is 24.0 Å². The summed E-state index contributed by atoms with van der Waals surface area (Å²) in [5.74, 6) is 1.01. The van der Waals surface area contributed by atoms with Crippen molar-refractivity contribution in [2.24, 2.45) is 5.92 Å². The highest BCUT2D eigenvalue weighted by atomic mass is 35.5. The standard InChI is InChI=1S/C22H28ClN5O3/c1-2-3-13-10-15(26-22(30)31)5-7-19(13)28-9-8-18(21(28)29)27-20-16-11-14(23)4-6-17(16)24-12-25-20/h4,6,11-13,15,18-19,26H,2-3,5,7-10H2,1H3,(H,30,31)(H,24,25,27)/t13-,15-,18+,19+/m1/s1. The Bertz CT molecular complexity index is 971. The molecule has 31 heavy (non-hydrogen) atoms. The Morgan fingerprint density at radius 1 is 1.29 bits per heavy atom. The summed E-state index contributed by atoms with van der Waals surface area (Å²) in [6.45, 7) is 2.83. The first-order valence-electron chi connectivity index (χ1n) is 10.9. The van der Waals surface area contributed by atoms with Gasteiger partial charge in [-0.05, 0) is 56.2 Å². The maximum absolute atomic E-state index is 13.3. The highest BCUT2D eigenvalue weighted by Gasteiger charge is 2.41. The van der Waals surface area contributed by atoms with Gasteiger partial charge >= 0.3 is 6.09 Å². The number of nitrogens with one attached hydrogen (secondary N) is 2. The summed E-state index contributed by atoms with van der Waals surface area (Å²) < 4.78 is 0. The van der Waals surface area contributed by atoms with Gasteiger partial charge in [0.25, 0.3) is 0 Å². The molecule has 1 saturated carbocycles. The van der Waals surface area contributed by atoms with Gasteiger partial charge in [0.2, 0.25) is 5.91 Å². The molecule has 0 unspecified atom stereocenters. The first-order valence-corrected chi connectivity index (χ1v) is 11.3.